The highest BCUT2D eigenvalue weighted by Crippen LogP contribution is 2.37. The first kappa shape index (κ1) is 16.3. The minimum Gasteiger partial charge on any atom is -0.396 e. The van der Waals surface area contributed by atoms with E-state index in [1.54, 1.807) is 0 Å². The van der Waals surface area contributed by atoms with Crippen LogP contribution >= 0.6 is 11.6 Å². The minimum absolute atomic E-state index is 0.0570. The predicted molar refractivity (Wildman–Crippen MR) is 85.3 cm³/mol. The van der Waals surface area contributed by atoms with Crippen molar-refractivity contribution in [2.75, 3.05) is 6.61 Å². The van der Waals surface area contributed by atoms with Crippen molar-refractivity contribution in [3.05, 3.63) is 34.9 Å². The van der Waals surface area contributed by atoms with Crippen molar-refractivity contribution < 1.29 is 9.90 Å². The summed E-state index contributed by atoms with van der Waals surface area (Å²) >= 11 is 5.97. The van der Waals surface area contributed by atoms with Gasteiger partial charge < -0.3 is 10.4 Å². The second-order valence-corrected chi connectivity index (χ2v) is 6.94. The summed E-state index contributed by atoms with van der Waals surface area (Å²) in [7, 11) is 0. The molecule has 1 aliphatic carbocycles. The molecule has 0 bridgehead atoms. The smallest absolute Gasteiger partial charge is 0.223 e. The Kier molecular flexibility index (Phi) is 5.28. The maximum atomic E-state index is 12.4. The van der Waals surface area contributed by atoms with E-state index in [0.29, 0.717) is 11.4 Å². The third-order valence-electron chi connectivity index (χ3n) is 4.64. The molecule has 21 heavy (non-hydrogen) atoms. The van der Waals surface area contributed by atoms with Crippen LogP contribution in [0.5, 0.6) is 0 Å². The maximum Gasteiger partial charge on any atom is 0.223 e. The first-order valence-electron chi connectivity index (χ1n) is 7.60. The number of amides is 1. The zero-order chi connectivity index (χ0) is 15.5. The van der Waals surface area contributed by atoms with Gasteiger partial charge in [0.15, 0.2) is 0 Å². The number of aliphatic hydroxyl groups excluding tert-OH is 1. The third kappa shape index (κ3) is 3.98. The van der Waals surface area contributed by atoms with E-state index >= 15 is 0 Å². The minimum atomic E-state index is -0.175. The van der Waals surface area contributed by atoms with Crippen molar-refractivity contribution in [1.29, 1.82) is 0 Å². The van der Waals surface area contributed by atoms with E-state index in [0.717, 1.165) is 24.8 Å². The van der Waals surface area contributed by atoms with Crippen LogP contribution in [0.15, 0.2) is 24.3 Å². The molecule has 116 valence electrons. The van der Waals surface area contributed by atoms with E-state index in [1.165, 1.54) is 0 Å². The topological polar surface area (TPSA) is 49.3 Å². The van der Waals surface area contributed by atoms with Crippen LogP contribution < -0.4 is 5.32 Å². The van der Waals surface area contributed by atoms with E-state index in [9.17, 15) is 9.90 Å². The largest absolute Gasteiger partial charge is 0.396 e. The lowest BCUT2D eigenvalue weighted by Gasteiger charge is -2.31. The molecule has 0 aliphatic heterocycles. The Balaban J connectivity index is 1.94. The SMILES string of the molecule is CC(Cc1cccc(Cl)c1)C(=O)NC1CCCC1(C)CO. The van der Waals surface area contributed by atoms with Crippen LogP contribution in [0.3, 0.4) is 0 Å². The van der Waals surface area contributed by atoms with Crippen LogP contribution in [0.4, 0.5) is 0 Å². The number of rotatable bonds is 5. The number of benzene rings is 1. The number of halogens is 1. The number of carbonyl (C=O) groups excluding carboxylic acids is 1. The fourth-order valence-corrected chi connectivity index (χ4v) is 3.31. The highest BCUT2D eigenvalue weighted by atomic mass is 35.5. The van der Waals surface area contributed by atoms with Gasteiger partial charge in [0.05, 0.1) is 6.61 Å². The fourth-order valence-electron chi connectivity index (χ4n) is 3.09. The molecule has 3 atom stereocenters. The lowest BCUT2D eigenvalue weighted by molar-refractivity contribution is -0.126. The predicted octanol–water partition coefficient (Wildman–Crippen LogP) is 3.19. The van der Waals surface area contributed by atoms with Gasteiger partial charge in [0.1, 0.15) is 0 Å². The molecule has 0 aromatic heterocycles. The molecule has 1 aromatic rings. The van der Waals surface area contributed by atoms with Gasteiger partial charge in [0, 0.05) is 22.4 Å². The van der Waals surface area contributed by atoms with Crippen molar-refractivity contribution in [1.82, 2.24) is 5.32 Å². The van der Waals surface area contributed by atoms with Gasteiger partial charge in [-0.3, -0.25) is 4.79 Å². The monoisotopic (exact) mass is 309 g/mol. The average Bonchev–Trinajstić information content (AvgIpc) is 2.81. The van der Waals surface area contributed by atoms with Crippen molar-refractivity contribution in [3.8, 4) is 0 Å². The van der Waals surface area contributed by atoms with Crippen LogP contribution in [-0.2, 0) is 11.2 Å². The average molecular weight is 310 g/mol. The lowest BCUT2D eigenvalue weighted by Crippen LogP contribution is -2.46. The van der Waals surface area contributed by atoms with Crippen molar-refractivity contribution in [2.45, 2.75) is 45.6 Å². The molecule has 0 heterocycles. The molecule has 1 amide bonds. The Morgan fingerprint density at radius 2 is 2.33 bits per heavy atom. The van der Waals surface area contributed by atoms with E-state index in [2.05, 4.69) is 5.32 Å². The fraction of sp³-hybridized carbons (Fsp3) is 0.588. The standard InChI is InChI=1S/C17H24ClNO2/c1-12(9-13-5-3-6-14(18)10-13)16(21)19-15-7-4-8-17(15,2)11-20/h3,5-6,10,12,15,20H,4,7-9,11H2,1-2H3,(H,19,21). The summed E-state index contributed by atoms with van der Waals surface area (Å²) in [5.74, 6) is -0.0476. The molecule has 4 heteroatoms. The number of hydrogen-bond acceptors (Lipinski definition) is 2. The first-order chi connectivity index (χ1) is 9.94. The van der Waals surface area contributed by atoms with Gasteiger partial charge in [0.25, 0.3) is 0 Å². The Bertz CT molecular complexity index is 505. The molecule has 1 aromatic carbocycles. The lowest BCUT2D eigenvalue weighted by atomic mass is 9.85. The van der Waals surface area contributed by atoms with Gasteiger partial charge in [-0.25, -0.2) is 0 Å². The summed E-state index contributed by atoms with van der Waals surface area (Å²) in [6, 6.07) is 7.71. The second-order valence-electron chi connectivity index (χ2n) is 6.50. The summed E-state index contributed by atoms with van der Waals surface area (Å²) in [5, 5.41) is 13.4. The highest BCUT2D eigenvalue weighted by molar-refractivity contribution is 6.30. The van der Waals surface area contributed by atoms with Crippen LogP contribution in [-0.4, -0.2) is 23.7 Å². The molecule has 2 rings (SSSR count). The summed E-state index contributed by atoms with van der Waals surface area (Å²) in [4.78, 5) is 12.4. The third-order valence-corrected chi connectivity index (χ3v) is 4.87. The zero-order valence-electron chi connectivity index (χ0n) is 12.7. The molecular weight excluding hydrogens is 286 g/mol. The van der Waals surface area contributed by atoms with Gasteiger partial charge in [-0.2, -0.15) is 0 Å². The normalized spacial score (nSPS) is 26.6. The summed E-state index contributed by atoms with van der Waals surface area (Å²) in [6.45, 7) is 4.11. The zero-order valence-corrected chi connectivity index (χ0v) is 13.5. The van der Waals surface area contributed by atoms with Gasteiger partial charge in [-0.15, -0.1) is 0 Å². The molecular formula is C17H24ClNO2. The quantitative estimate of drug-likeness (QED) is 0.877. The van der Waals surface area contributed by atoms with E-state index in [4.69, 9.17) is 11.6 Å². The van der Waals surface area contributed by atoms with Gasteiger partial charge in [-0.05, 0) is 37.0 Å². The van der Waals surface area contributed by atoms with Crippen LogP contribution in [0.25, 0.3) is 0 Å². The highest BCUT2D eigenvalue weighted by Gasteiger charge is 2.39. The number of aliphatic hydroxyl groups is 1. The molecule has 3 unspecified atom stereocenters. The summed E-state index contributed by atoms with van der Waals surface area (Å²) < 4.78 is 0. The van der Waals surface area contributed by atoms with Crippen molar-refractivity contribution in [3.63, 3.8) is 0 Å². The van der Waals surface area contributed by atoms with Crippen LogP contribution in [0.1, 0.15) is 38.7 Å². The Labute approximate surface area is 131 Å². The van der Waals surface area contributed by atoms with Crippen LogP contribution in [0.2, 0.25) is 5.02 Å². The molecule has 0 spiro atoms. The maximum absolute atomic E-state index is 12.4. The van der Waals surface area contributed by atoms with Crippen LogP contribution in [0, 0.1) is 11.3 Å². The first-order valence-corrected chi connectivity index (χ1v) is 7.98. The molecule has 1 saturated carbocycles. The van der Waals surface area contributed by atoms with Crippen molar-refractivity contribution >= 4 is 17.5 Å². The molecule has 1 aliphatic rings. The summed E-state index contributed by atoms with van der Waals surface area (Å²) in [6.07, 6.45) is 3.66. The second kappa shape index (κ2) is 6.80. The van der Waals surface area contributed by atoms with Gasteiger partial charge in [0.2, 0.25) is 5.91 Å². The Morgan fingerprint density at radius 1 is 1.57 bits per heavy atom. The molecule has 0 radical (unpaired) electrons. The summed E-state index contributed by atoms with van der Waals surface area (Å²) in [5.41, 5.74) is 0.896. The number of nitrogens with one attached hydrogen (secondary N) is 1. The number of carbonyl (C=O) groups is 1. The van der Waals surface area contributed by atoms with Gasteiger partial charge in [-0.1, -0.05) is 44.0 Å². The van der Waals surface area contributed by atoms with Gasteiger partial charge >= 0.3 is 0 Å². The Hall–Kier alpha value is -1.06. The number of hydrogen-bond donors (Lipinski definition) is 2. The Morgan fingerprint density at radius 3 is 3.00 bits per heavy atom. The van der Waals surface area contributed by atoms with E-state index < -0.39 is 0 Å². The van der Waals surface area contributed by atoms with E-state index in [-0.39, 0.29) is 29.9 Å². The van der Waals surface area contributed by atoms with E-state index in [1.807, 2.05) is 38.1 Å². The molecule has 2 N–H and O–H groups in total. The molecule has 1 fully saturated rings. The van der Waals surface area contributed by atoms with Crippen molar-refractivity contribution in [2.24, 2.45) is 11.3 Å². The molecule has 0 saturated heterocycles. The molecule has 3 nitrogen and oxygen atoms in total.